The summed E-state index contributed by atoms with van der Waals surface area (Å²) < 4.78 is 48.9. The molecule has 4 aromatic carbocycles. The molecule has 0 atom stereocenters. The van der Waals surface area contributed by atoms with Crippen molar-refractivity contribution in [2.45, 2.75) is 59.2 Å². The molecule has 0 radical (unpaired) electrons. The third-order valence-corrected chi connectivity index (χ3v) is 9.94. The van der Waals surface area contributed by atoms with Gasteiger partial charge in [-0.05, 0) is 130 Å². The lowest BCUT2D eigenvalue weighted by molar-refractivity contribution is 0.131. The van der Waals surface area contributed by atoms with E-state index >= 15 is 0 Å². The minimum atomic E-state index is -4.25. The number of hydrogen-bond donors (Lipinski definition) is 0. The SMILES string of the molecule is CC(C)(C)Oc1ccc([S+](c2ccc(OCc3ccccn3)cc2)c2ccc(OCc3ccccn3)cc2)cc1.O=S(=O)([O-])c1ccccc1. The van der Waals surface area contributed by atoms with E-state index in [0.717, 1.165) is 28.6 Å². The fourth-order valence-corrected chi connectivity index (χ4v) is 7.15. The summed E-state index contributed by atoms with van der Waals surface area (Å²) in [4.78, 5) is 12.1. The molecule has 0 aliphatic rings. The van der Waals surface area contributed by atoms with Gasteiger partial charge in [-0.25, -0.2) is 8.42 Å². The van der Waals surface area contributed by atoms with E-state index in [1.807, 2.05) is 60.7 Å². The number of hydrogen-bond acceptors (Lipinski definition) is 8. The van der Waals surface area contributed by atoms with Gasteiger partial charge in [-0.2, -0.15) is 0 Å². The maximum Gasteiger partial charge on any atom is 0.166 e. The molecule has 0 unspecified atom stereocenters. The maximum absolute atomic E-state index is 10.3. The highest BCUT2D eigenvalue weighted by Gasteiger charge is 2.29. The van der Waals surface area contributed by atoms with E-state index < -0.39 is 10.1 Å². The van der Waals surface area contributed by atoms with Gasteiger partial charge in [-0.15, -0.1) is 0 Å². The minimum absolute atomic E-state index is 0.185. The van der Waals surface area contributed by atoms with Crippen LogP contribution < -0.4 is 14.2 Å². The lowest BCUT2D eigenvalue weighted by Gasteiger charge is -2.21. The number of aromatic nitrogens is 2. The van der Waals surface area contributed by atoms with Gasteiger partial charge in [0.1, 0.15) is 46.2 Å². The van der Waals surface area contributed by atoms with E-state index in [1.165, 1.54) is 39.0 Å². The molecule has 0 saturated carbocycles. The minimum Gasteiger partial charge on any atom is -0.744 e. The lowest BCUT2D eigenvalue weighted by Crippen LogP contribution is -2.22. The van der Waals surface area contributed by atoms with Crippen LogP contribution in [0, 0.1) is 0 Å². The van der Waals surface area contributed by atoms with Crippen molar-refractivity contribution >= 4 is 21.0 Å². The average Bonchev–Trinajstić information content (AvgIpc) is 3.12. The Hall–Kier alpha value is -5.16. The zero-order chi connectivity index (χ0) is 35.4. The van der Waals surface area contributed by atoms with Crippen molar-refractivity contribution in [1.29, 1.82) is 0 Å². The van der Waals surface area contributed by atoms with E-state index in [0.29, 0.717) is 13.2 Å². The van der Waals surface area contributed by atoms with Crippen molar-refractivity contribution in [2.75, 3.05) is 0 Å². The van der Waals surface area contributed by atoms with Crippen molar-refractivity contribution in [3.8, 4) is 17.2 Å². The van der Waals surface area contributed by atoms with Crippen molar-refractivity contribution in [1.82, 2.24) is 9.97 Å². The van der Waals surface area contributed by atoms with Crippen LogP contribution in [-0.2, 0) is 34.2 Å². The molecule has 0 fully saturated rings. The highest BCUT2D eigenvalue weighted by molar-refractivity contribution is 7.97. The quantitative estimate of drug-likeness (QED) is 0.0975. The van der Waals surface area contributed by atoms with Crippen molar-refractivity contribution in [3.63, 3.8) is 0 Å². The van der Waals surface area contributed by atoms with Crippen LogP contribution in [0.4, 0.5) is 0 Å². The van der Waals surface area contributed by atoms with Gasteiger partial charge in [0.25, 0.3) is 0 Å². The number of benzene rings is 4. The molecule has 0 saturated heterocycles. The summed E-state index contributed by atoms with van der Waals surface area (Å²) in [7, 11) is -4.59. The van der Waals surface area contributed by atoms with Crippen LogP contribution in [0.2, 0.25) is 0 Å². The molecule has 6 aromatic rings. The first-order valence-corrected chi connectivity index (χ1v) is 18.5. The van der Waals surface area contributed by atoms with Crippen molar-refractivity contribution < 1.29 is 27.2 Å². The van der Waals surface area contributed by atoms with Crippen LogP contribution in [0.1, 0.15) is 32.2 Å². The zero-order valence-corrected chi connectivity index (χ0v) is 29.6. The molecule has 50 heavy (non-hydrogen) atoms. The Balaban J connectivity index is 0.000000418. The van der Waals surface area contributed by atoms with Crippen molar-refractivity contribution in [2.24, 2.45) is 0 Å². The Labute approximate surface area is 296 Å². The van der Waals surface area contributed by atoms with Gasteiger partial charge in [0.15, 0.2) is 14.7 Å². The highest BCUT2D eigenvalue weighted by Crippen LogP contribution is 2.34. The Bertz CT molecular complexity index is 1920. The molecule has 256 valence electrons. The standard InChI is InChI=1S/C34H33N2O3S.C6H6O3S/c1-34(2,3)39-30-14-20-33(21-15-30)40(31-16-10-28(11-17-31)37-24-26-8-4-6-22-35-26)32-18-12-29(13-19-32)38-25-27-9-5-7-23-36-27;7-10(8,9)6-4-2-1-3-5-6/h4-23H,24-25H2,1-3H3;1-5H,(H,7,8,9)/q+1;/p-1. The number of ether oxygens (including phenoxy) is 3. The summed E-state index contributed by atoms with van der Waals surface area (Å²) in [5, 5.41) is 0. The fourth-order valence-electron chi connectivity index (χ4n) is 4.62. The largest absolute Gasteiger partial charge is 0.744 e. The summed E-state index contributed by atoms with van der Waals surface area (Å²) in [6, 6.07) is 43.9. The molecular weight excluding hydrogens is 669 g/mol. The van der Waals surface area contributed by atoms with E-state index in [1.54, 1.807) is 18.5 Å². The van der Waals surface area contributed by atoms with Crippen LogP contribution in [0.25, 0.3) is 0 Å². The molecule has 0 bridgehead atoms. The molecular formula is C40H38N2O6S2. The maximum atomic E-state index is 10.3. The fraction of sp³-hybridized carbons (Fsp3) is 0.150. The summed E-state index contributed by atoms with van der Waals surface area (Å²) in [6.07, 6.45) is 3.56. The monoisotopic (exact) mass is 706 g/mol. The number of rotatable bonds is 11. The Morgan fingerprint density at radius 3 is 1.30 bits per heavy atom. The van der Waals surface area contributed by atoms with Gasteiger partial charge in [0.05, 0.1) is 27.2 Å². The molecule has 0 aliphatic carbocycles. The third kappa shape index (κ3) is 11.2. The first-order chi connectivity index (χ1) is 24.0. The van der Waals surface area contributed by atoms with Crippen LogP contribution in [-0.4, -0.2) is 28.5 Å². The van der Waals surface area contributed by atoms with Crippen LogP contribution in [0.15, 0.2) is 172 Å². The second-order valence-electron chi connectivity index (χ2n) is 11.9. The lowest BCUT2D eigenvalue weighted by atomic mass is 10.2. The van der Waals surface area contributed by atoms with E-state index in [2.05, 4.69) is 79.3 Å². The summed E-state index contributed by atoms with van der Waals surface area (Å²) in [5.41, 5.74) is 1.54. The number of nitrogens with zero attached hydrogens (tertiary/aromatic N) is 2. The molecule has 6 rings (SSSR count). The zero-order valence-electron chi connectivity index (χ0n) is 28.0. The van der Waals surface area contributed by atoms with Gasteiger partial charge in [-0.3, -0.25) is 9.97 Å². The number of pyridine rings is 2. The summed E-state index contributed by atoms with van der Waals surface area (Å²) in [6.45, 7) is 7.03. The molecule has 10 heteroatoms. The molecule has 0 N–H and O–H groups in total. The predicted molar refractivity (Wildman–Crippen MR) is 193 cm³/mol. The predicted octanol–water partition coefficient (Wildman–Crippen LogP) is 8.50. The van der Waals surface area contributed by atoms with E-state index in [4.69, 9.17) is 14.2 Å². The summed E-state index contributed by atoms with van der Waals surface area (Å²) >= 11 is 0. The topological polar surface area (TPSA) is 111 Å². The first kappa shape index (κ1) is 36.1. The Morgan fingerprint density at radius 1 is 0.560 bits per heavy atom. The van der Waals surface area contributed by atoms with Gasteiger partial charge >= 0.3 is 0 Å². The third-order valence-electron chi connectivity index (χ3n) is 6.86. The molecule has 0 aliphatic heterocycles. The van der Waals surface area contributed by atoms with Gasteiger partial charge in [0, 0.05) is 12.4 Å². The molecule has 0 amide bonds. The average molecular weight is 707 g/mol. The molecule has 0 spiro atoms. The molecule has 2 aromatic heterocycles. The Kier molecular flexibility index (Phi) is 12.3. The first-order valence-electron chi connectivity index (χ1n) is 15.8. The van der Waals surface area contributed by atoms with Gasteiger partial charge in [0.2, 0.25) is 0 Å². The van der Waals surface area contributed by atoms with E-state index in [9.17, 15) is 13.0 Å². The summed E-state index contributed by atoms with van der Waals surface area (Å²) in [5.74, 6) is 2.48. The van der Waals surface area contributed by atoms with Crippen LogP contribution in [0.5, 0.6) is 17.2 Å². The smallest absolute Gasteiger partial charge is 0.166 e. The van der Waals surface area contributed by atoms with E-state index in [-0.39, 0.29) is 21.4 Å². The second-order valence-corrected chi connectivity index (χ2v) is 15.3. The van der Waals surface area contributed by atoms with Crippen LogP contribution in [0.3, 0.4) is 0 Å². The molecule has 8 nitrogen and oxygen atoms in total. The van der Waals surface area contributed by atoms with Gasteiger partial charge < -0.3 is 18.8 Å². The Morgan fingerprint density at radius 2 is 0.960 bits per heavy atom. The molecule has 2 heterocycles. The second kappa shape index (κ2) is 17.0. The normalized spacial score (nSPS) is 11.3. The van der Waals surface area contributed by atoms with Crippen LogP contribution >= 0.6 is 0 Å². The highest BCUT2D eigenvalue weighted by atomic mass is 32.2. The van der Waals surface area contributed by atoms with Gasteiger partial charge in [-0.1, -0.05) is 30.3 Å². The van der Waals surface area contributed by atoms with Crippen molar-refractivity contribution in [3.05, 3.63) is 163 Å².